The van der Waals surface area contributed by atoms with E-state index in [0.29, 0.717) is 45.3 Å². The first-order valence-electron chi connectivity index (χ1n) is 8.68. The number of morpholine rings is 1. The number of ether oxygens (including phenoxy) is 2. The number of hydrogen-bond donors (Lipinski definition) is 1. The number of carbonyl (C=O) groups is 2. The van der Waals surface area contributed by atoms with Gasteiger partial charge in [0.25, 0.3) is 0 Å². The van der Waals surface area contributed by atoms with Gasteiger partial charge in [-0.3, -0.25) is 9.59 Å². The highest BCUT2D eigenvalue weighted by atomic mass is 16.5. The predicted molar refractivity (Wildman–Crippen MR) is 88.4 cm³/mol. The van der Waals surface area contributed by atoms with Crippen molar-refractivity contribution in [2.45, 2.75) is 32.4 Å². The van der Waals surface area contributed by atoms with Crippen molar-refractivity contribution in [1.82, 2.24) is 20.2 Å². The monoisotopic (exact) mass is 348 g/mol. The maximum Gasteiger partial charge on any atom is 0.223 e. The van der Waals surface area contributed by atoms with Crippen LogP contribution in [0.3, 0.4) is 0 Å². The van der Waals surface area contributed by atoms with Crippen LogP contribution in [0.4, 0.5) is 0 Å². The van der Waals surface area contributed by atoms with Gasteiger partial charge in [-0.15, -0.1) is 0 Å². The summed E-state index contributed by atoms with van der Waals surface area (Å²) >= 11 is 0. The summed E-state index contributed by atoms with van der Waals surface area (Å²) in [5, 5.41) is 2.94. The Kier molecular flexibility index (Phi) is 5.93. The maximum absolute atomic E-state index is 12.2. The van der Waals surface area contributed by atoms with Crippen LogP contribution in [0, 0.1) is 5.92 Å². The molecule has 8 nitrogen and oxygen atoms in total. The molecule has 2 fully saturated rings. The largest absolute Gasteiger partial charge is 0.381 e. The lowest BCUT2D eigenvalue weighted by Crippen LogP contribution is -2.41. The molecular weight excluding hydrogens is 324 g/mol. The van der Waals surface area contributed by atoms with Crippen LogP contribution in [0.1, 0.15) is 37.4 Å². The van der Waals surface area contributed by atoms with E-state index in [1.165, 1.54) is 0 Å². The molecule has 136 valence electrons. The Bertz CT molecular complexity index is 618. The molecule has 3 rings (SSSR count). The molecule has 25 heavy (non-hydrogen) atoms. The molecule has 1 aromatic rings. The summed E-state index contributed by atoms with van der Waals surface area (Å²) in [5.74, 6) is 0.623. The summed E-state index contributed by atoms with van der Waals surface area (Å²) in [6.45, 7) is 4.70. The Balaban J connectivity index is 1.57. The van der Waals surface area contributed by atoms with Gasteiger partial charge in [0.2, 0.25) is 11.8 Å². The van der Waals surface area contributed by atoms with E-state index in [1.54, 1.807) is 24.1 Å². The Hall–Kier alpha value is -2.06. The molecule has 0 radical (unpaired) electrons. The van der Waals surface area contributed by atoms with Crippen molar-refractivity contribution in [2.75, 3.05) is 32.9 Å². The highest BCUT2D eigenvalue weighted by Gasteiger charge is 2.26. The van der Waals surface area contributed by atoms with Crippen LogP contribution in [0.15, 0.2) is 12.3 Å². The van der Waals surface area contributed by atoms with E-state index < -0.39 is 0 Å². The molecule has 2 amide bonds. The second kappa shape index (κ2) is 8.35. The van der Waals surface area contributed by atoms with E-state index in [0.717, 1.165) is 18.5 Å². The number of nitrogens with zero attached hydrogens (tertiary/aromatic N) is 3. The molecule has 0 aromatic carbocycles. The normalized spacial score (nSPS) is 21.8. The third kappa shape index (κ3) is 4.73. The first kappa shape index (κ1) is 17.8. The topological polar surface area (TPSA) is 93.7 Å². The lowest BCUT2D eigenvalue weighted by Gasteiger charge is -2.31. The third-order valence-corrected chi connectivity index (χ3v) is 4.57. The first-order chi connectivity index (χ1) is 12.1. The van der Waals surface area contributed by atoms with Crippen LogP contribution >= 0.6 is 0 Å². The Labute approximate surface area is 146 Å². The summed E-state index contributed by atoms with van der Waals surface area (Å²) in [4.78, 5) is 34.2. The molecule has 0 aliphatic carbocycles. The van der Waals surface area contributed by atoms with Gasteiger partial charge in [-0.1, -0.05) is 0 Å². The summed E-state index contributed by atoms with van der Waals surface area (Å²) in [7, 11) is 0. The zero-order valence-electron chi connectivity index (χ0n) is 14.4. The number of aromatic nitrogens is 2. The minimum Gasteiger partial charge on any atom is -0.381 e. The van der Waals surface area contributed by atoms with Gasteiger partial charge in [-0.25, -0.2) is 9.97 Å². The molecule has 1 aromatic heterocycles. The van der Waals surface area contributed by atoms with Gasteiger partial charge in [-0.05, 0) is 18.9 Å². The van der Waals surface area contributed by atoms with E-state index in [1.807, 2.05) is 0 Å². The molecule has 0 saturated carbocycles. The number of nitrogens with one attached hydrogen (secondary N) is 1. The van der Waals surface area contributed by atoms with Crippen LogP contribution in [-0.4, -0.2) is 59.6 Å². The Morgan fingerprint density at radius 1 is 1.32 bits per heavy atom. The van der Waals surface area contributed by atoms with Crippen LogP contribution in [0.5, 0.6) is 0 Å². The molecule has 0 spiro atoms. The number of carbonyl (C=O) groups excluding carboxylic acids is 2. The number of hydrogen-bond acceptors (Lipinski definition) is 6. The Morgan fingerprint density at radius 2 is 2.12 bits per heavy atom. The van der Waals surface area contributed by atoms with Crippen molar-refractivity contribution < 1.29 is 19.1 Å². The van der Waals surface area contributed by atoms with E-state index in [9.17, 15) is 9.59 Å². The van der Waals surface area contributed by atoms with Crippen molar-refractivity contribution in [3.8, 4) is 0 Å². The molecule has 3 heterocycles. The van der Waals surface area contributed by atoms with Crippen molar-refractivity contribution in [3.63, 3.8) is 0 Å². The fourth-order valence-corrected chi connectivity index (χ4v) is 3.04. The van der Waals surface area contributed by atoms with E-state index in [4.69, 9.17) is 9.47 Å². The quantitative estimate of drug-likeness (QED) is 0.849. The molecule has 2 aliphatic rings. The van der Waals surface area contributed by atoms with E-state index in [2.05, 4.69) is 15.3 Å². The highest BCUT2D eigenvalue weighted by molar-refractivity contribution is 5.78. The predicted octanol–water partition coefficient (Wildman–Crippen LogP) is 0.439. The fraction of sp³-hybridized carbons (Fsp3) is 0.647. The zero-order valence-corrected chi connectivity index (χ0v) is 14.4. The molecule has 2 aliphatic heterocycles. The lowest BCUT2D eigenvalue weighted by atomic mass is 9.99. The van der Waals surface area contributed by atoms with E-state index in [-0.39, 0.29) is 23.8 Å². The molecule has 2 saturated heterocycles. The number of rotatable bonds is 4. The maximum atomic E-state index is 12.2. The SMILES string of the molecule is CC(=O)N1CCO[C@@H](c2nccc(CNC(=O)C3CCOCC3)n2)C1. The summed E-state index contributed by atoms with van der Waals surface area (Å²) in [6.07, 6.45) is 2.85. The van der Waals surface area contributed by atoms with Gasteiger partial charge in [0.05, 0.1) is 25.4 Å². The lowest BCUT2D eigenvalue weighted by molar-refractivity contribution is -0.137. The highest BCUT2D eigenvalue weighted by Crippen LogP contribution is 2.19. The summed E-state index contributed by atoms with van der Waals surface area (Å²) in [5.41, 5.74) is 0.731. The van der Waals surface area contributed by atoms with Crippen molar-refractivity contribution >= 4 is 11.8 Å². The molecule has 0 bridgehead atoms. The zero-order chi connectivity index (χ0) is 17.6. The molecule has 8 heteroatoms. The van der Waals surface area contributed by atoms with Crippen molar-refractivity contribution in [2.24, 2.45) is 5.92 Å². The first-order valence-corrected chi connectivity index (χ1v) is 8.68. The van der Waals surface area contributed by atoms with Gasteiger partial charge in [0.15, 0.2) is 5.82 Å². The van der Waals surface area contributed by atoms with Gasteiger partial charge in [0, 0.05) is 38.8 Å². The van der Waals surface area contributed by atoms with Crippen LogP contribution in [0.25, 0.3) is 0 Å². The summed E-state index contributed by atoms with van der Waals surface area (Å²) < 4.78 is 11.0. The fourth-order valence-electron chi connectivity index (χ4n) is 3.04. The minimum atomic E-state index is -0.330. The molecule has 1 N–H and O–H groups in total. The van der Waals surface area contributed by atoms with Crippen LogP contribution in [-0.2, 0) is 25.6 Å². The van der Waals surface area contributed by atoms with Crippen molar-refractivity contribution in [3.05, 3.63) is 23.8 Å². The van der Waals surface area contributed by atoms with Crippen LogP contribution in [0.2, 0.25) is 0 Å². The van der Waals surface area contributed by atoms with Gasteiger partial charge in [-0.2, -0.15) is 0 Å². The molecule has 1 atom stereocenters. The third-order valence-electron chi connectivity index (χ3n) is 4.57. The standard InChI is InChI=1S/C17H24N4O4/c1-12(22)21-6-9-25-15(11-21)16-18-5-2-14(20-16)10-19-17(23)13-3-7-24-8-4-13/h2,5,13,15H,3-4,6-11H2,1H3,(H,19,23)/t15-/m1/s1. The second-order valence-electron chi connectivity index (χ2n) is 6.34. The average Bonchev–Trinajstić information content (AvgIpc) is 2.67. The smallest absolute Gasteiger partial charge is 0.223 e. The van der Waals surface area contributed by atoms with Gasteiger partial charge < -0.3 is 19.7 Å². The van der Waals surface area contributed by atoms with Crippen LogP contribution < -0.4 is 5.32 Å². The average molecular weight is 348 g/mol. The van der Waals surface area contributed by atoms with Crippen molar-refractivity contribution in [1.29, 1.82) is 0 Å². The van der Waals surface area contributed by atoms with Gasteiger partial charge in [0.1, 0.15) is 6.10 Å². The molecule has 0 unspecified atom stereocenters. The summed E-state index contributed by atoms with van der Waals surface area (Å²) in [6, 6.07) is 1.78. The minimum absolute atomic E-state index is 0.0147. The van der Waals surface area contributed by atoms with Gasteiger partial charge >= 0.3 is 0 Å². The second-order valence-corrected chi connectivity index (χ2v) is 6.34. The molecular formula is C17H24N4O4. The Morgan fingerprint density at radius 3 is 2.88 bits per heavy atom. The van der Waals surface area contributed by atoms with E-state index >= 15 is 0 Å². The number of amides is 2.